The molecular formula is C20H21F3N4O4. The molecule has 0 unspecified atom stereocenters. The van der Waals surface area contributed by atoms with Crippen molar-refractivity contribution in [1.29, 1.82) is 0 Å². The first-order valence-corrected chi connectivity index (χ1v) is 9.15. The van der Waals surface area contributed by atoms with Crippen LogP contribution in [-0.4, -0.2) is 44.7 Å². The number of rotatable bonds is 5. The molecule has 3 N–H and O–H groups in total. The largest absolute Gasteiger partial charge is 0.490 e. The summed E-state index contributed by atoms with van der Waals surface area (Å²) in [6, 6.07) is 9.50. The minimum Gasteiger partial charge on any atom is -0.478 e. The number of carboxylic acid groups (broad SMARTS) is 1. The number of pyridine rings is 1. The number of alkyl halides is 3. The van der Waals surface area contributed by atoms with Crippen LogP contribution in [-0.2, 0) is 11.3 Å². The number of aromatic nitrogens is 3. The Morgan fingerprint density at radius 1 is 1.19 bits per heavy atom. The number of carbonyl (C=O) groups excluding carboxylic acids is 1. The number of hydrogen-bond donors (Lipinski definition) is 3. The zero-order valence-corrected chi connectivity index (χ0v) is 17.0. The number of nitrogens with zero attached hydrogens (tertiary/aromatic N) is 2. The molecule has 1 aromatic carbocycles. The summed E-state index contributed by atoms with van der Waals surface area (Å²) in [7, 11) is 0. The Labute approximate surface area is 175 Å². The van der Waals surface area contributed by atoms with Gasteiger partial charge in [0.15, 0.2) is 0 Å². The predicted molar refractivity (Wildman–Crippen MR) is 106 cm³/mol. The van der Waals surface area contributed by atoms with Gasteiger partial charge in [-0.2, -0.15) is 13.2 Å². The first kappa shape index (κ1) is 23.6. The van der Waals surface area contributed by atoms with E-state index in [1.165, 1.54) is 0 Å². The number of aryl methyl sites for hydroxylation is 2. The van der Waals surface area contributed by atoms with Gasteiger partial charge in [-0.25, -0.2) is 14.8 Å². The maximum Gasteiger partial charge on any atom is 0.490 e. The lowest BCUT2D eigenvalue weighted by Gasteiger charge is -2.10. The molecule has 0 fully saturated rings. The van der Waals surface area contributed by atoms with Crippen molar-refractivity contribution in [1.82, 2.24) is 20.3 Å². The highest BCUT2D eigenvalue weighted by molar-refractivity contribution is 5.98. The number of hydrogen-bond acceptors (Lipinski definition) is 5. The molecule has 2 aromatic heterocycles. The molecule has 0 bridgehead atoms. The van der Waals surface area contributed by atoms with E-state index in [-0.39, 0.29) is 5.91 Å². The fourth-order valence-corrected chi connectivity index (χ4v) is 2.61. The standard InChI is InChI=1S/C18H20N4O2.C2HF3O2/c1-4-24-18-14-8-6-5-7-13(14)9-15(22-18)17(23)19-10-16-11(2)20-12(3)21-16;3-2(4,5)1(6)7/h5-9H,4,10H2,1-3H3,(H,19,23)(H,20,21);(H,6,7). The van der Waals surface area contributed by atoms with Crippen LogP contribution in [0, 0.1) is 13.8 Å². The van der Waals surface area contributed by atoms with E-state index in [0.717, 1.165) is 28.0 Å². The van der Waals surface area contributed by atoms with Gasteiger partial charge in [-0.3, -0.25) is 4.79 Å². The summed E-state index contributed by atoms with van der Waals surface area (Å²) >= 11 is 0. The minimum atomic E-state index is -5.08. The zero-order valence-electron chi connectivity index (χ0n) is 17.0. The van der Waals surface area contributed by atoms with Crippen LogP contribution in [0.3, 0.4) is 0 Å². The van der Waals surface area contributed by atoms with Gasteiger partial charge in [0.25, 0.3) is 5.91 Å². The van der Waals surface area contributed by atoms with Gasteiger partial charge in [-0.1, -0.05) is 18.2 Å². The number of ether oxygens (including phenoxy) is 1. The lowest BCUT2D eigenvalue weighted by Crippen LogP contribution is -2.24. The number of carboxylic acids is 1. The Kier molecular flexibility index (Phi) is 7.56. The van der Waals surface area contributed by atoms with Crippen molar-refractivity contribution in [2.75, 3.05) is 6.61 Å². The van der Waals surface area contributed by atoms with Crippen molar-refractivity contribution in [3.05, 3.63) is 53.2 Å². The highest BCUT2D eigenvalue weighted by Crippen LogP contribution is 2.24. The van der Waals surface area contributed by atoms with Gasteiger partial charge in [-0.15, -0.1) is 0 Å². The zero-order chi connectivity index (χ0) is 23.2. The van der Waals surface area contributed by atoms with Gasteiger partial charge in [0.05, 0.1) is 18.8 Å². The molecule has 2 heterocycles. The van der Waals surface area contributed by atoms with E-state index in [4.69, 9.17) is 14.6 Å². The number of aromatic amines is 1. The van der Waals surface area contributed by atoms with Gasteiger partial charge >= 0.3 is 12.1 Å². The molecule has 3 rings (SSSR count). The number of halogens is 3. The molecule has 0 spiro atoms. The maximum absolute atomic E-state index is 12.5. The highest BCUT2D eigenvalue weighted by atomic mass is 19.4. The molecule has 0 aliphatic rings. The molecule has 31 heavy (non-hydrogen) atoms. The summed E-state index contributed by atoms with van der Waals surface area (Å²) in [4.78, 5) is 33.2. The van der Waals surface area contributed by atoms with E-state index in [2.05, 4.69) is 20.3 Å². The number of fused-ring (bicyclic) bond motifs is 1. The van der Waals surface area contributed by atoms with E-state index in [1.54, 1.807) is 6.07 Å². The molecule has 3 aromatic rings. The third-order valence-electron chi connectivity index (χ3n) is 3.98. The third kappa shape index (κ3) is 6.43. The summed E-state index contributed by atoms with van der Waals surface area (Å²) in [5, 5.41) is 11.8. The monoisotopic (exact) mass is 438 g/mol. The Morgan fingerprint density at radius 2 is 1.84 bits per heavy atom. The fraction of sp³-hybridized carbons (Fsp3) is 0.300. The Bertz CT molecular complexity index is 1080. The lowest BCUT2D eigenvalue weighted by molar-refractivity contribution is -0.192. The third-order valence-corrected chi connectivity index (χ3v) is 3.98. The van der Waals surface area contributed by atoms with Crippen LogP contribution in [0.15, 0.2) is 30.3 Å². The van der Waals surface area contributed by atoms with Crippen molar-refractivity contribution in [2.24, 2.45) is 0 Å². The van der Waals surface area contributed by atoms with Crippen LogP contribution in [0.1, 0.15) is 34.6 Å². The van der Waals surface area contributed by atoms with Crippen LogP contribution in [0.25, 0.3) is 10.8 Å². The molecular weight excluding hydrogens is 417 g/mol. The molecule has 11 heteroatoms. The molecule has 0 aliphatic heterocycles. The van der Waals surface area contributed by atoms with E-state index in [0.29, 0.717) is 24.7 Å². The summed E-state index contributed by atoms with van der Waals surface area (Å²) in [6.07, 6.45) is -5.08. The molecule has 1 amide bonds. The first-order valence-electron chi connectivity index (χ1n) is 9.15. The SMILES string of the molecule is CCOc1nc(C(=O)NCc2nc(C)[nH]c2C)cc2ccccc12.O=C(O)C(F)(F)F. The van der Waals surface area contributed by atoms with Crippen molar-refractivity contribution >= 4 is 22.6 Å². The summed E-state index contributed by atoms with van der Waals surface area (Å²) in [5.41, 5.74) is 2.11. The van der Waals surface area contributed by atoms with E-state index < -0.39 is 12.1 Å². The summed E-state index contributed by atoms with van der Waals surface area (Å²) < 4.78 is 37.3. The normalized spacial score (nSPS) is 10.9. The van der Waals surface area contributed by atoms with Crippen LogP contribution in [0.4, 0.5) is 13.2 Å². The van der Waals surface area contributed by atoms with Crippen LogP contribution in [0.5, 0.6) is 5.88 Å². The average Bonchev–Trinajstić information content (AvgIpc) is 3.03. The number of carbonyl (C=O) groups is 2. The lowest BCUT2D eigenvalue weighted by atomic mass is 10.1. The number of aliphatic carboxylic acids is 1. The molecule has 166 valence electrons. The highest BCUT2D eigenvalue weighted by Gasteiger charge is 2.38. The van der Waals surface area contributed by atoms with Gasteiger partial charge in [0.2, 0.25) is 5.88 Å². The van der Waals surface area contributed by atoms with Gasteiger partial charge in [0.1, 0.15) is 11.5 Å². The quantitative estimate of drug-likeness (QED) is 0.561. The molecule has 0 saturated heterocycles. The maximum atomic E-state index is 12.5. The predicted octanol–water partition coefficient (Wildman–Crippen LogP) is 3.54. The van der Waals surface area contributed by atoms with Crippen molar-refractivity contribution < 1.29 is 32.6 Å². The minimum absolute atomic E-state index is 0.248. The Balaban J connectivity index is 0.000000423. The topological polar surface area (TPSA) is 117 Å². The second-order valence-electron chi connectivity index (χ2n) is 6.35. The summed E-state index contributed by atoms with van der Waals surface area (Å²) in [5.74, 6) is -1.69. The first-order chi connectivity index (χ1) is 14.5. The number of imidazole rings is 1. The van der Waals surface area contributed by atoms with Crippen molar-refractivity contribution in [2.45, 2.75) is 33.5 Å². The Morgan fingerprint density at radius 3 is 2.39 bits per heavy atom. The molecule has 0 aliphatic carbocycles. The smallest absolute Gasteiger partial charge is 0.478 e. The van der Waals surface area contributed by atoms with Crippen LogP contribution < -0.4 is 10.1 Å². The second kappa shape index (κ2) is 9.92. The molecule has 0 saturated carbocycles. The number of nitrogens with one attached hydrogen (secondary N) is 2. The second-order valence-corrected chi connectivity index (χ2v) is 6.35. The average molecular weight is 438 g/mol. The van der Waals surface area contributed by atoms with E-state index >= 15 is 0 Å². The van der Waals surface area contributed by atoms with Crippen molar-refractivity contribution in [3.63, 3.8) is 0 Å². The molecule has 0 atom stereocenters. The van der Waals surface area contributed by atoms with Gasteiger partial charge in [-0.05, 0) is 38.3 Å². The van der Waals surface area contributed by atoms with Crippen LogP contribution in [0.2, 0.25) is 0 Å². The van der Waals surface area contributed by atoms with Crippen molar-refractivity contribution in [3.8, 4) is 5.88 Å². The Hall–Kier alpha value is -3.63. The van der Waals surface area contributed by atoms with E-state index in [1.807, 2.05) is 45.0 Å². The van der Waals surface area contributed by atoms with Gasteiger partial charge < -0.3 is 20.1 Å². The summed E-state index contributed by atoms with van der Waals surface area (Å²) in [6.45, 7) is 6.56. The van der Waals surface area contributed by atoms with E-state index in [9.17, 15) is 18.0 Å². The van der Waals surface area contributed by atoms with Crippen LogP contribution >= 0.6 is 0 Å². The number of H-pyrrole nitrogens is 1. The number of amides is 1. The fourth-order valence-electron chi connectivity index (χ4n) is 2.61. The van der Waals surface area contributed by atoms with Gasteiger partial charge in [0, 0.05) is 11.1 Å². The molecule has 8 nitrogen and oxygen atoms in total. The molecule has 0 radical (unpaired) electrons. The number of benzene rings is 1.